The second-order valence-corrected chi connectivity index (χ2v) is 4.21. The van der Waals surface area contributed by atoms with Gasteiger partial charge in [0.1, 0.15) is 0 Å². The summed E-state index contributed by atoms with van der Waals surface area (Å²) < 4.78 is 4.44. The fourth-order valence-electron chi connectivity index (χ4n) is 1.08. The van der Waals surface area contributed by atoms with Gasteiger partial charge in [-0.2, -0.15) is 0 Å². The van der Waals surface area contributed by atoms with Gasteiger partial charge in [-0.3, -0.25) is 4.79 Å². The molecule has 1 amide bonds. The van der Waals surface area contributed by atoms with Gasteiger partial charge in [0.25, 0.3) is 0 Å². The second-order valence-electron chi connectivity index (χ2n) is 4.21. The van der Waals surface area contributed by atoms with E-state index >= 15 is 0 Å². The maximum Gasteiger partial charge on any atom is 0.407 e. The number of ether oxygens (including phenoxy) is 1. The maximum absolute atomic E-state index is 11.8. The van der Waals surface area contributed by atoms with Gasteiger partial charge in [0, 0.05) is 5.41 Å². The van der Waals surface area contributed by atoms with Crippen LogP contribution in [0.5, 0.6) is 0 Å². The molecule has 1 N–H and O–H groups in total. The Morgan fingerprint density at radius 2 is 1.86 bits per heavy atom. The number of alkyl carbamates (subject to hydrolysis) is 1. The standard InChI is InChI=1S/C10H19NO3/c1-6-7(11-9(13)14-5)8(12)10(2,3)4/h7H,6H2,1-5H3,(H,11,13)/t7-/m1/s1. The van der Waals surface area contributed by atoms with Crippen LogP contribution in [0.2, 0.25) is 0 Å². The number of carbonyl (C=O) groups is 2. The van der Waals surface area contributed by atoms with Crippen molar-refractivity contribution >= 4 is 11.9 Å². The largest absolute Gasteiger partial charge is 0.453 e. The van der Waals surface area contributed by atoms with Crippen LogP contribution in [0, 0.1) is 5.41 Å². The van der Waals surface area contributed by atoms with Crippen molar-refractivity contribution in [3.8, 4) is 0 Å². The molecule has 0 heterocycles. The summed E-state index contributed by atoms with van der Waals surface area (Å²) in [5.41, 5.74) is -0.443. The van der Waals surface area contributed by atoms with Crippen molar-refractivity contribution in [3.63, 3.8) is 0 Å². The van der Waals surface area contributed by atoms with Crippen molar-refractivity contribution in [1.29, 1.82) is 0 Å². The molecule has 14 heavy (non-hydrogen) atoms. The molecule has 0 rings (SSSR count). The number of rotatable bonds is 3. The number of hydrogen-bond donors (Lipinski definition) is 1. The lowest BCUT2D eigenvalue weighted by Crippen LogP contribution is -2.45. The summed E-state index contributed by atoms with van der Waals surface area (Å²) in [7, 11) is 1.28. The minimum absolute atomic E-state index is 0.0189. The third-order valence-corrected chi connectivity index (χ3v) is 1.94. The average molecular weight is 201 g/mol. The minimum atomic E-state index is -0.561. The predicted molar refractivity (Wildman–Crippen MR) is 54.1 cm³/mol. The molecule has 0 saturated carbocycles. The first-order valence-corrected chi connectivity index (χ1v) is 4.71. The number of carbonyl (C=O) groups excluding carboxylic acids is 2. The van der Waals surface area contributed by atoms with E-state index in [0.717, 1.165) is 0 Å². The molecule has 0 spiro atoms. The molecule has 0 aliphatic carbocycles. The normalized spacial score (nSPS) is 13.2. The van der Waals surface area contributed by atoms with Crippen molar-refractivity contribution in [2.45, 2.75) is 40.2 Å². The van der Waals surface area contributed by atoms with Crippen LogP contribution >= 0.6 is 0 Å². The van der Waals surface area contributed by atoms with Crippen LogP contribution in [0.15, 0.2) is 0 Å². The molecule has 0 radical (unpaired) electrons. The third-order valence-electron chi connectivity index (χ3n) is 1.94. The van der Waals surface area contributed by atoms with Crippen LogP contribution in [0.1, 0.15) is 34.1 Å². The van der Waals surface area contributed by atoms with Gasteiger partial charge in [0.05, 0.1) is 13.2 Å². The predicted octanol–water partition coefficient (Wildman–Crippen LogP) is 1.74. The Balaban J connectivity index is 4.42. The molecule has 4 nitrogen and oxygen atoms in total. The number of amides is 1. The molecule has 0 aromatic rings. The Morgan fingerprint density at radius 1 is 1.36 bits per heavy atom. The van der Waals surface area contributed by atoms with Gasteiger partial charge in [-0.1, -0.05) is 27.7 Å². The Morgan fingerprint density at radius 3 is 2.14 bits per heavy atom. The van der Waals surface area contributed by atoms with Gasteiger partial charge in [0.15, 0.2) is 5.78 Å². The number of nitrogens with one attached hydrogen (secondary N) is 1. The molecule has 1 atom stereocenters. The van der Waals surface area contributed by atoms with E-state index in [1.165, 1.54) is 7.11 Å². The van der Waals surface area contributed by atoms with Crippen molar-refractivity contribution in [1.82, 2.24) is 5.32 Å². The summed E-state index contributed by atoms with van der Waals surface area (Å²) in [5.74, 6) is 0.0189. The van der Waals surface area contributed by atoms with Crippen LogP contribution in [0.3, 0.4) is 0 Å². The summed E-state index contributed by atoms with van der Waals surface area (Å²) in [6.07, 6.45) is 0.0139. The maximum atomic E-state index is 11.8. The zero-order valence-corrected chi connectivity index (χ0v) is 9.51. The molecule has 0 aromatic heterocycles. The smallest absolute Gasteiger partial charge is 0.407 e. The zero-order valence-electron chi connectivity index (χ0n) is 9.51. The van der Waals surface area contributed by atoms with Gasteiger partial charge >= 0.3 is 6.09 Å². The van der Waals surface area contributed by atoms with Gasteiger partial charge in [0.2, 0.25) is 0 Å². The van der Waals surface area contributed by atoms with E-state index in [1.807, 2.05) is 27.7 Å². The van der Waals surface area contributed by atoms with Crippen LogP contribution in [0.25, 0.3) is 0 Å². The summed E-state index contributed by atoms with van der Waals surface area (Å²) in [5, 5.41) is 2.51. The van der Waals surface area contributed by atoms with Gasteiger partial charge in [-0.25, -0.2) is 4.79 Å². The average Bonchev–Trinajstić information content (AvgIpc) is 2.11. The van der Waals surface area contributed by atoms with Crippen molar-refractivity contribution in [3.05, 3.63) is 0 Å². The number of ketones is 1. The van der Waals surface area contributed by atoms with E-state index in [2.05, 4.69) is 10.1 Å². The molecule has 82 valence electrons. The van der Waals surface area contributed by atoms with E-state index in [0.29, 0.717) is 6.42 Å². The molecule has 0 aliphatic heterocycles. The SMILES string of the molecule is CC[C@@H](NC(=O)OC)C(=O)C(C)(C)C. The lowest BCUT2D eigenvalue weighted by Gasteiger charge is -2.23. The summed E-state index contributed by atoms with van der Waals surface area (Å²) in [6, 6.07) is -0.456. The van der Waals surface area contributed by atoms with Gasteiger partial charge in [-0.15, -0.1) is 0 Å². The van der Waals surface area contributed by atoms with E-state index in [1.54, 1.807) is 0 Å². The number of hydrogen-bond acceptors (Lipinski definition) is 3. The van der Waals surface area contributed by atoms with Crippen LogP contribution in [-0.2, 0) is 9.53 Å². The summed E-state index contributed by atoms with van der Waals surface area (Å²) >= 11 is 0. The fraction of sp³-hybridized carbons (Fsp3) is 0.800. The summed E-state index contributed by atoms with van der Waals surface area (Å²) in [6.45, 7) is 7.34. The third kappa shape index (κ3) is 3.77. The van der Waals surface area contributed by atoms with Crippen LogP contribution in [-0.4, -0.2) is 25.0 Å². The van der Waals surface area contributed by atoms with Crippen LogP contribution < -0.4 is 5.32 Å². The Kier molecular flexibility index (Phi) is 4.60. The highest BCUT2D eigenvalue weighted by Crippen LogP contribution is 2.18. The summed E-state index contributed by atoms with van der Waals surface area (Å²) in [4.78, 5) is 22.7. The van der Waals surface area contributed by atoms with Crippen LogP contribution in [0.4, 0.5) is 4.79 Å². The lowest BCUT2D eigenvalue weighted by atomic mass is 9.85. The van der Waals surface area contributed by atoms with E-state index in [9.17, 15) is 9.59 Å². The molecule has 0 unspecified atom stereocenters. The number of Topliss-reactive ketones (excluding diaryl/α,β-unsaturated/α-hetero) is 1. The van der Waals surface area contributed by atoms with Crippen molar-refractivity contribution < 1.29 is 14.3 Å². The molecule has 0 fully saturated rings. The Bertz CT molecular complexity index is 218. The van der Waals surface area contributed by atoms with E-state index in [4.69, 9.17) is 0 Å². The fourth-order valence-corrected chi connectivity index (χ4v) is 1.08. The first-order valence-electron chi connectivity index (χ1n) is 4.71. The highest BCUT2D eigenvalue weighted by molar-refractivity contribution is 5.91. The topological polar surface area (TPSA) is 55.4 Å². The monoisotopic (exact) mass is 201 g/mol. The zero-order chi connectivity index (χ0) is 11.4. The molecule has 0 aliphatic rings. The highest BCUT2D eigenvalue weighted by Gasteiger charge is 2.29. The van der Waals surface area contributed by atoms with Crippen molar-refractivity contribution in [2.24, 2.45) is 5.41 Å². The molecular weight excluding hydrogens is 182 g/mol. The highest BCUT2D eigenvalue weighted by atomic mass is 16.5. The first kappa shape index (κ1) is 12.9. The molecule has 0 bridgehead atoms. The molecule has 0 saturated heterocycles. The van der Waals surface area contributed by atoms with E-state index < -0.39 is 17.6 Å². The van der Waals surface area contributed by atoms with Gasteiger partial charge in [-0.05, 0) is 6.42 Å². The Labute approximate surface area is 85.0 Å². The van der Waals surface area contributed by atoms with Crippen molar-refractivity contribution in [2.75, 3.05) is 7.11 Å². The minimum Gasteiger partial charge on any atom is -0.453 e. The Hall–Kier alpha value is -1.06. The number of methoxy groups -OCH3 is 1. The lowest BCUT2D eigenvalue weighted by molar-refractivity contribution is -0.128. The van der Waals surface area contributed by atoms with Gasteiger partial charge < -0.3 is 10.1 Å². The molecule has 0 aromatic carbocycles. The second kappa shape index (κ2) is 4.98. The molecular formula is C10H19NO3. The quantitative estimate of drug-likeness (QED) is 0.756. The van der Waals surface area contributed by atoms with E-state index in [-0.39, 0.29) is 5.78 Å². The first-order chi connectivity index (χ1) is 6.32. The molecule has 4 heteroatoms.